The SMILES string of the molecule is CC(O)CC(=O)N1CCC(N(C)C(=N)N)C1. The third kappa shape index (κ3) is 3.10. The van der Waals surface area contributed by atoms with Crippen LogP contribution in [0.15, 0.2) is 0 Å². The molecule has 2 atom stereocenters. The monoisotopic (exact) mass is 228 g/mol. The fourth-order valence-electron chi connectivity index (χ4n) is 1.86. The summed E-state index contributed by atoms with van der Waals surface area (Å²) in [5.41, 5.74) is 5.38. The zero-order valence-electron chi connectivity index (χ0n) is 9.81. The van der Waals surface area contributed by atoms with Crippen LogP contribution in [0, 0.1) is 5.41 Å². The summed E-state index contributed by atoms with van der Waals surface area (Å²) in [5, 5.41) is 16.4. The Bertz CT molecular complexity index is 280. The molecular formula is C10H20N4O2. The Balaban J connectivity index is 2.46. The van der Waals surface area contributed by atoms with Crippen molar-refractivity contribution in [3.63, 3.8) is 0 Å². The molecule has 1 heterocycles. The normalized spacial score (nSPS) is 21.9. The van der Waals surface area contributed by atoms with E-state index in [1.165, 1.54) is 0 Å². The molecule has 1 fully saturated rings. The van der Waals surface area contributed by atoms with Gasteiger partial charge in [0, 0.05) is 20.1 Å². The molecule has 92 valence electrons. The van der Waals surface area contributed by atoms with E-state index in [-0.39, 0.29) is 24.3 Å². The minimum Gasteiger partial charge on any atom is -0.393 e. The number of aliphatic hydroxyl groups excluding tert-OH is 1. The maximum Gasteiger partial charge on any atom is 0.225 e. The molecule has 0 aliphatic carbocycles. The molecule has 0 radical (unpaired) electrons. The lowest BCUT2D eigenvalue weighted by Crippen LogP contribution is -2.43. The van der Waals surface area contributed by atoms with Gasteiger partial charge in [0.2, 0.25) is 5.91 Å². The first-order valence-corrected chi connectivity index (χ1v) is 5.44. The molecule has 1 amide bonds. The van der Waals surface area contributed by atoms with Crippen LogP contribution in [0.3, 0.4) is 0 Å². The first-order chi connectivity index (χ1) is 7.41. The molecule has 1 rings (SSSR count). The average molecular weight is 228 g/mol. The minimum atomic E-state index is -0.600. The Morgan fingerprint density at radius 3 is 2.88 bits per heavy atom. The summed E-state index contributed by atoms with van der Waals surface area (Å²) in [6.07, 6.45) is 0.384. The molecule has 1 aliphatic rings. The standard InChI is InChI=1S/C10H20N4O2/c1-7(15)5-9(16)14-4-3-8(6-14)13(2)10(11)12/h7-8,15H,3-6H2,1-2H3,(H3,11,12). The van der Waals surface area contributed by atoms with Gasteiger partial charge in [0.05, 0.1) is 18.6 Å². The highest BCUT2D eigenvalue weighted by molar-refractivity contribution is 5.78. The van der Waals surface area contributed by atoms with Crippen LogP contribution in [0.4, 0.5) is 0 Å². The van der Waals surface area contributed by atoms with E-state index in [1.54, 1.807) is 23.8 Å². The smallest absolute Gasteiger partial charge is 0.225 e. The fourth-order valence-corrected chi connectivity index (χ4v) is 1.86. The average Bonchev–Trinajstić information content (AvgIpc) is 2.63. The van der Waals surface area contributed by atoms with Crippen LogP contribution in [0.1, 0.15) is 19.8 Å². The highest BCUT2D eigenvalue weighted by Gasteiger charge is 2.29. The van der Waals surface area contributed by atoms with Gasteiger partial charge in [-0.25, -0.2) is 0 Å². The number of carbonyl (C=O) groups excluding carboxylic acids is 1. The lowest BCUT2D eigenvalue weighted by Gasteiger charge is -2.24. The van der Waals surface area contributed by atoms with E-state index in [0.717, 1.165) is 6.42 Å². The Morgan fingerprint density at radius 1 is 1.75 bits per heavy atom. The van der Waals surface area contributed by atoms with Crippen molar-refractivity contribution in [1.82, 2.24) is 9.80 Å². The van der Waals surface area contributed by atoms with Gasteiger partial charge >= 0.3 is 0 Å². The van der Waals surface area contributed by atoms with Crippen LogP contribution < -0.4 is 5.73 Å². The molecule has 1 saturated heterocycles. The quantitative estimate of drug-likeness (QED) is 0.435. The molecule has 0 aromatic rings. The minimum absolute atomic E-state index is 0.0230. The molecule has 0 aromatic carbocycles. The van der Waals surface area contributed by atoms with Crippen LogP contribution in [-0.2, 0) is 4.79 Å². The molecule has 2 unspecified atom stereocenters. The van der Waals surface area contributed by atoms with Crippen molar-refractivity contribution in [2.24, 2.45) is 5.73 Å². The molecule has 1 aliphatic heterocycles. The van der Waals surface area contributed by atoms with Gasteiger partial charge in [-0.3, -0.25) is 10.2 Å². The number of guanidine groups is 1. The third-order valence-corrected chi connectivity index (χ3v) is 2.91. The van der Waals surface area contributed by atoms with Gasteiger partial charge in [0.25, 0.3) is 0 Å². The number of nitrogens with two attached hydrogens (primary N) is 1. The Morgan fingerprint density at radius 2 is 2.38 bits per heavy atom. The number of hydrogen-bond donors (Lipinski definition) is 3. The van der Waals surface area contributed by atoms with E-state index in [4.69, 9.17) is 16.2 Å². The topological polar surface area (TPSA) is 93.6 Å². The van der Waals surface area contributed by atoms with Gasteiger partial charge in [-0.2, -0.15) is 0 Å². The van der Waals surface area contributed by atoms with E-state index in [0.29, 0.717) is 13.1 Å². The van der Waals surface area contributed by atoms with Crippen LogP contribution in [0.2, 0.25) is 0 Å². The number of nitrogens with one attached hydrogen (secondary N) is 1. The molecule has 6 nitrogen and oxygen atoms in total. The number of nitrogens with zero attached hydrogens (tertiary/aromatic N) is 2. The summed E-state index contributed by atoms with van der Waals surface area (Å²) >= 11 is 0. The number of hydrogen-bond acceptors (Lipinski definition) is 3. The van der Waals surface area contributed by atoms with E-state index < -0.39 is 6.10 Å². The first-order valence-electron chi connectivity index (χ1n) is 5.44. The number of carbonyl (C=O) groups is 1. The van der Waals surface area contributed by atoms with Gasteiger partial charge in [-0.15, -0.1) is 0 Å². The van der Waals surface area contributed by atoms with E-state index in [9.17, 15) is 4.79 Å². The number of rotatable bonds is 3. The predicted molar refractivity (Wildman–Crippen MR) is 61.0 cm³/mol. The number of likely N-dealkylation sites (N-methyl/N-ethyl adjacent to an activating group) is 1. The molecule has 0 saturated carbocycles. The van der Waals surface area contributed by atoms with Crippen molar-refractivity contribution in [1.29, 1.82) is 5.41 Å². The van der Waals surface area contributed by atoms with E-state index >= 15 is 0 Å². The van der Waals surface area contributed by atoms with Crippen LogP contribution >= 0.6 is 0 Å². The zero-order valence-corrected chi connectivity index (χ0v) is 9.81. The van der Waals surface area contributed by atoms with Gasteiger partial charge in [0.1, 0.15) is 0 Å². The van der Waals surface area contributed by atoms with E-state index in [1.807, 2.05) is 0 Å². The molecule has 4 N–H and O–H groups in total. The second-order valence-electron chi connectivity index (χ2n) is 4.33. The molecule has 0 bridgehead atoms. The van der Waals surface area contributed by atoms with E-state index in [2.05, 4.69) is 0 Å². The van der Waals surface area contributed by atoms with Gasteiger partial charge in [-0.1, -0.05) is 0 Å². The Kier molecular flexibility index (Phi) is 4.12. The molecule has 16 heavy (non-hydrogen) atoms. The largest absolute Gasteiger partial charge is 0.393 e. The summed E-state index contributed by atoms with van der Waals surface area (Å²) in [6.45, 7) is 2.86. The number of amides is 1. The summed E-state index contributed by atoms with van der Waals surface area (Å²) in [7, 11) is 1.76. The molecule has 6 heteroatoms. The highest BCUT2D eigenvalue weighted by Crippen LogP contribution is 2.15. The maximum atomic E-state index is 11.7. The third-order valence-electron chi connectivity index (χ3n) is 2.91. The second-order valence-corrected chi connectivity index (χ2v) is 4.33. The maximum absolute atomic E-state index is 11.7. The van der Waals surface area contributed by atoms with Gasteiger partial charge in [0.15, 0.2) is 5.96 Å². The van der Waals surface area contributed by atoms with Crippen molar-refractivity contribution in [3.8, 4) is 0 Å². The van der Waals surface area contributed by atoms with Crippen molar-refractivity contribution >= 4 is 11.9 Å². The second kappa shape index (κ2) is 5.16. The summed E-state index contributed by atoms with van der Waals surface area (Å²) in [6, 6.07) is 0.121. The summed E-state index contributed by atoms with van der Waals surface area (Å²) in [5.74, 6) is -0.00993. The Labute approximate surface area is 95.5 Å². The summed E-state index contributed by atoms with van der Waals surface area (Å²) in [4.78, 5) is 15.1. The van der Waals surface area contributed by atoms with Crippen molar-refractivity contribution in [3.05, 3.63) is 0 Å². The predicted octanol–water partition coefficient (Wildman–Crippen LogP) is -0.817. The highest BCUT2D eigenvalue weighted by atomic mass is 16.3. The zero-order chi connectivity index (χ0) is 12.3. The fraction of sp³-hybridized carbons (Fsp3) is 0.800. The van der Waals surface area contributed by atoms with Crippen LogP contribution in [0.5, 0.6) is 0 Å². The van der Waals surface area contributed by atoms with Gasteiger partial charge < -0.3 is 20.6 Å². The van der Waals surface area contributed by atoms with Crippen LogP contribution in [0.25, 0.3) is 0 Å². The number of likely N-dealkylation sites (tertiary alicyclic amines) is 1. The molecule has 0 aromatic heterocycles. The molecule has 0 spiro atoms. The Hall–Kier alpha value is -1.30. The lowest BCUT2D eigenvalue weighted by molar-refractivity contribution is -0.132. The lowest BCUT2D eigenvalue weighted by atomic mass is 10.2. The van der Waals surface area contributed by atoms with Crippen molar-refractivity contribution in [2.45, 2.75) is 31.9 Å². The van der Waals surface area contributed by atoms with Crippen molar-refractivity contribution < 1.29 is 9.90 Å². The summed E-state index contributed by atoms with van der Waals surface area (Å²) < 4.78 is 0. The van der Waals surface area contributed by atoms with Crippen molar-refractivity contribution in [2.75, 3.05) is 20.1 Å². The van der Waals surface area contributed by atoms with Gasteiger partial charge in [-0.05, 0) is 13.3 Å². The first kappa shape index (κ1) is 12.8. The van der Waals surface area contributed by atoms with Crippen LogP contribution in [-0.4, -0.2) is 59.1 Å². The molecular weight excluding hydrogens is 208 g/mol. The number of aliphatic hydroxyl groups is 1.